The van der Waals surface area contributed by atoms with Crippen LogP contribution in [0.2, 0.25) is 0 Å². The van der Waals surface area contributed by atoms with Gasteiger partial charge in [0.25, 0.3) is 0 Å². The zero-order valence-corrected chi connectivity index (χ0v) is 13.6. The van der Waals surface area contributed by atoms with Gasteiger partial charge in [-0.1, -0.05) is 30.3 Å². The topological polar surface area (TPSA) is 72.2 Å². The number of aliphatic hydroxyl groups excluding tert-OH is 1. The summed E-state index contributed by atoms with van der Waals surface area (Å²) in [6.45, 7) is 3.52. The van der Waals surface area contributed by atoms with Crippen molar-refractivity contribution in [3.63, 3.8) is 0 Å². The monoisotopic (exact) mass is 322 g/mol. The maximum atomic E-state index is 10.3. The summed E-state index contributed by atoms with van der Waals surface area (Å²) in [5.41, 5.74) is 1.54. The minimum atomic E-state index is -0.432. The molecule has 2 N–H and O–H groups in total. The highest BCUT2D eigenvalue weighted by Crippen LogP contribution is 2.21. The van der Waals surface area contributed by atoms with Crippen LogP contribution >= 0.6 is 0 Å². The van der Waals surface area contributed by atoms with Crippen LogP contribution in [0.4, 0.5) is 5.82 Å². The molecule has 1 fully saturated rings. The van der Waals surface area contributed by atoms with E-state index < -0.39 is 6.10 Å². The number of anilines is 1. The minimum absolute atomic E-state index is 0.432. The molecular formula is C19H22N4O. The van der Waals surface area contributed by atoms with Crippen LogP contribution < -0.4 is 5.32 Å². The molecular weight excluding hydrogens is 300 g/mol. The quantitative estimate of drug-likeness (QED) is 0.854. The van der Waals surface area contributed by atoms with Crippen LogP contribution in [0.5, 0.6) is 0 Å². The van der Waals surface area contributed by atoms with Crippen molar-refractivity contribution >= 4 is 5.82 Å². The molecule has 3 rings (SSSR count). The van der Waals surface area contributed by atoms with E-state index in [1.165, 1.54) is 0 Å². The summed E-state index contributed by atoms with van der Waals surface area (Å²) >= 11 is 0. The first kappa shape index (κ1) is 16.4. The first-order valence-corrected chi connectivity index (χ1v) is 8.30. The molecule has 1 aromatic carbocycles. The van der Waals surface area contributed by atoms with Gasteiger partial charge in [0.15, 0.2) is 0 Å². The molecule has 0 amide bonds. The number of hydrogen-bond donors (Lipinski definition) is 2. The first-order chi connectivity index (χ1) is 11.7. The van der Waals surface area contributed by atoms with E-state index in [9.17, 15) is 5.11 Å². The van der Waals surface area contributed by atoms with Gasteiger partial charge < -0.3 is 15.3 Å². The lowest BCUT2D eigenvalue weighted by molar-refractivity contribution is 0.124. The summed E-state index contributed by atoms with van der Waals surface area (Å²) in [5, 5.41) is 22.4. The number of nitrogens with zero attached hydrogens (tertiary/aromatic N) is 3. The smallest absolute Gasteiger partial charge is 0.125 e. The summed E-state index contributed by atoms with van der Waals surface area (Å²) < 4.78 is 0. The maximum Gasteiger partial charge on any atom is 0.125 e. The lowest BCUT2D eigenvalue weighted by Crippen LogP contribution is -2.27. The number of pyridine rings is 1. The molecule has 124 valence electrons. The number of nitrogens with one attached hydrogen (secondary N) is 1. The molecule has 24 heavy (non-hydrogen) atoms. The Morgan fingerprint density at radius 1 is 1.29 bits per heavy atom. The van der Waals surface area contributed by atoms with Crippen LogP contribution in [0, 0.1) is 17.2 Å². The van der Waals surface area contributed by atoms with Crippen LogP contribution in [-0.4, -0.2) is 41.2 Å². The number of benzene rings is 1. The van der Waals surface area contributed by atoms with Gasteiger partial charge in [-0.25, -0.2) is 4.98 Å². The molecule has 0 bridgehead atoms. The van der Waals surface area contributed by atoms with Gasteiger partial charge in [-0.3, -0.25) is 0 Å². The van der Waals surface area contributed by atoms with Crippen LogP contribution in [0.25, 0.3) is 0 Å². The fourth-order valence-electron chi connectivity index (χ4n) is 3.08. The average molecular weight is 322 g/mol. The standard InChI is InChI=1S/C19H22N4O/c20-10-15-6-7-19(21-11-15)22-12-16-8-9-23(13-16)14-18(24)17-4-2-1-3-5-17/h1-7,11,16,18,24H,8-9,12-14H2,(H,21,22)/t16-,18+/m1/s1. The SMILES string of the molecule is N#Cc1ccc(NC[C@H]2CCN(C[C@H](O)c3ccccc3)C2)nc1. The van der Waals surface area contributed by atoms with Crippen molar-refractivity contribution in [1.29, 1.82) is 5.26 Å². The fraction of sp³-hybridized carbons (Fsp3) is 0.368. The van der Waals surface area contributed by atoms with Crippen LogP contribution in [-0.2, 0) is 0 Å². The number of rotatable bonds is 6. The molecule has 2 aromatic rings. The van der Waals surface area contributed by atoms with E-state index in [1.807, 2.05) is 36.4 Å². The van der Waals surface area contributed by atoms with Crippen molar-refractivity contribution < 1.29 is 5.11 Å². The van der Waals surface area contributed by atoms with E-state index in [1.54, 1.807) is 12.3 Å². The van der Waals surface area contributed by atoms with E-state index in [4.69, 9.17) is 5.26 Å². The van der Waals surface area contributed by atoms with E-state index in [2.05, 4.69) is 21.3 Å². The Bertz CT molecular complexity index is 681. The molecule has 1 aliphatic rings. The van der Waals surface area contributed by atoms with Crippen LogP contribution in [0.15, 0.2) is 48.7 Å². The van der Waals surface area contributed by atoms with Gasteiger partial charge in [-0.2, -0.15) is 5.26 Å². The second-order valence-corrected chi connectivity index (χ2v) is 6.27. The normalized spacial score (nSPS) is 18.9. The van der Waals surface area contributed by atoms with Crippen LogP contribution in [0.3, 0.4) is 0 Å². The zero-order chi connectivity index (χ0) is 16.8. The number of β-amino-alcohol motifs (C(OH)–C–C–N with tert-alkyl or cyclic N) is 1. The Morgan fingerprint density at radius 3 is 2.83 bits per heavy atom. The highest BCUT2D eigenvalue weighted by Gasteiger charge is 2.24. The van der Waals surface area contributed by atoms with Crippen molar-refractivity contribution in [2.24, 2.45) is 5.92 Å². The largest absolute Gasteiger partial charge is 0.387 e. The van der Waals surface area contributed by atoms with Crippen molar-refractivity contribution in [2.75, 3.05) is 31.5 Å². The van der Waals surface area contributed by atoms with Crippen molar-refractivity contribution in [3.05, 3.63) is 59.8 Å². The predicted octanol–water partition coefficient (Wildman–Crippen LogP) is 2.42. The molecule has 0 radical (unpaired) electrons. The fourth-order valence-corrected chi connectivity index (χ4v) is 3.08. The molecule has 0 aliphatic carbocycles. The van der Waals surface area contributed by atoms with Gasteiger partial charge in [-0.15, -0.1) is 0 Å². The van der Waals surface area contributed by atoms with E-state index in [0.717, 1.165) is 37.4 Å². The van der Waals surface area contributed by atoms with Gasteiger partial charge in [-0.05, 0) is 36.6 Å². The van der Waals surface area contributed by atoms with Crippen molar-refractivity contribution in [1.82, 2.24) is 9.88 Å². The lowest BCUT2D eigenvalue weighted by atomic mass is 10.1. The molecule has 5 heteroatoms. The van der Waals surface area contributed by atoms with E-state index in [-0.39, 0.29) is 0 Å². The third-order valence-corrected chi connectivity index (χ3v) is 4.45. The first-order valence-electron chi connectivity index (χ1n) is 8.30. The molecule has 2 heterocycles. The van der Waals surface area contributed by atoms with Crippen LogP contribution in [0.1, 0.15) is 23.7 Å². The summed E-state index contributed by atoms with van der Waals surface area (Å²) in [6, 6.07) is 15.5. The van der Waals surface area contributed by atoms with E-state index in [0.29, 0.717) is 18.0 Å². The predicted molar refractivity (Wildman–Crippen MR) is 93.4 cm³/mol. The Kier molecular flexibility index (Phi) is 5.42. The number of likely N-dealkylation sites (tertiary alicyclic amines) is 1. The third-order valence-electron chi connectivity index (χ3n) is 4.45. The molecule has 1 aliphatic heterocycles. The third kappa shape index (κ3) is 4.31. The molecule has 0 unspecified atom stereocenters. The highest BCUT2D eigenvalue weighted by molar-refractivity contribution is 5.38. The average Bonchev–Trinajstić information content (AvgIpc) is 3.08. The number of aromatic nitrogens is 1. The Morgan fingerprint density at radius 2 is 2.12 bits per heavy atom. The Hall–Kier alpha value is -2.42. The van der Waals surface area contributed by atoms with E-state index >= 15 is 0 Å². The molecule has 1 aromatic heterocycles. The summed E-state index contributed by atoms with van der Waals surface area (Å²) in [6.07, 6.45) is 2.27. The molecule has 0 saturated carbocycles. The summed E-state index contributed by atoms with van der Waals surface area (Å²) in [7, 11) is 0. The molecule has 5 nitrogen and oxygen atoms in total. The lowest BCUT2D eigenvalue weighted by Gasteiger charge is -2.20. The summed E-state index contributed by atoms with van der Waals surface area (Å²) in [5.74, 6) is 1.35. The summed E-state index contributed by atoms with van der Waals surface area (Å²) in [4.78, 5) is 6.55. The van der Waals surface area contributed by atoms with Gasteiger partial charge in [0.1, 0.15) is 11.9 Å². The Balaban J connectivity index is 1.44. The Labute approximate surface area is 142 Å². The molecule has 0 spiro atoms. The highest BCUT2D eigenvalue weighted by atomic mass is 16.3. The zero-order valence-electron chi connectivity index (χ0n) is 13.6. The van der Waals surface area contributed by atoms with Gasteiger partial charge in [0.2, 0.25) is 0 Å². The second kappa shape index (κ2) is 7.91. The van der Waals surface area contributed by atoms with Crippen molar-refractivity contribution in [3.8, 4) is 6.07 Å². The second-order valence-electron chi connectivity index (χ2n) is 6.27. The maximum absolute atomic E-state index is 10.3. The number of aliphatic hydroxyl groups is 1. The van der Waals surface area contributed by atoms with Crippen molar-refractivity contribution in [2.45, 2.75) is 12.5 Å². The van der Waals surface area contributed by atoms with Gasteiger partial charge >= 0.3 is 0 Å². The minimum Gasteiger partial charge on any atom is -0.387 e. The molecule has 1 saturated heterocycles. The molecule has 2 atom stereocenters. The van der Waals surface area contributed by atoms with Gasteiger partial charge in [0, 0.05) is 25.8 Å². The number of hydrogen-bond acceptors (Lipinski definition) is 5. The van der Waals surface area contributed by atoms with Gasteiger partial charge in [0.05, 0.1) is 11.7 Å². The number of nitriles is 1.